The minimum atomic E-state index is -0.199. The van der Waals surface area contributed by atoms with Crippen LogP contribution < -0.4 is 0 Å². The van der Waals surface area contributed by atoms with Gasteiger partial charge in [-0.1, -0.05) is 25.8 Å². The second-order valence-corrected chi connectivity index (χ2v) is 7.44. The third-order valence-electron chi connectivity index (χ3n) is 5.55. The van der Waals surface area contributed by atoms with Crippen LogP contribution in [0.5, 0.6) is 0 Å². The van der Waals surface area contributed by atoms with E-state index in [0.29, 0.717) is 6.42 Å². The Morgan fingerprint density at radius 1 is 1.32 bits per heavy atom. The first-order chi connectivity index (χ1) is 10.5. The van der Waals surface area contributed by atoms with Crippen LogP contribution in [0.2, 0.25) is 0 Å². The van der Waals surface area contributed by atoms with E-state index in [4.69, 9.17) is 0 Å². The topological polar surface area (TPSA) is 20.3 Å². The molecule has 0 spiro atoms. The molecule has 0 N–H and O–H groups in total. The van der Waals surface area contributed by atoms with Gasteiger partial charge < -0.3 is 4.90 Å². The van der Waals surface area contributed by atoms with Gasteiger partial charge in [0.2, 0.25) is 5.91 Å². The molecule has 1 aromatic rings. The number of carbonyl (C=O) groups is 1. The van der Waals surface area contributed by atoms with E-state index in [2.05, 4.69) is 6.92 Å². The van der Waals surface area contributed by atoms with E-state index in [-0.39, 0.29) is 23.2 Å². The first-order valence-corrected chi connectivity index (χ1v) is 8.54. The largest absolute Gasteiger partial charge is 0.336 e. The fourth-order valence-electron chi connectivity index (χ4n) is 4.27. The van der Waals surface area contributed by atoms with Gasteiger partial charge in [-0.2, -0.15) is 0 Å². The minimum Gasteiger partial charge on any atom is -0.336 e. The molecule has 0 aromatic heterocycles. The Bertz CT molecular complexity index is 563. The second-order valence-electron chi connectivity index (χ2n) is 7.44. The molecule has 2 aliphatic rings. The van der Waals surface area contributed by atoms with Crippen LogP contribution in [0.15, 0.2) is 18.2 Å². The van der Waals surface area contributed by atoms with E-state index in [0.717, 1.165) is 30.5 Å². The zero-order valence-corrected chi connectivity index (χ0v) is 13.7. The number of carbonyl (C=O) groups excluding carboxylic acids is 1. The van der Waals surface area contributed by atoms with Crippen LogP contribution in [-0.2, 0) is 4.79 Å². The summed E-state index contributed by atoms with van der Waals surface area (Å²) in [5.74, 6) is 0.0891. The summed E-state index contributed by atoms with van der Waals surface area (Å²) in [7, 11) is 0. The van der Waals surface area contributed by atoms with Crippen LogP contribution in [0.1, 0.15) is 69.0 Å². The van der Waals surface area contributed by atoms with Crippen molar-refractivity contribution in [2.24, 2.45) is 5.41 Å². The number of hydrogen-bond donors (Lipinski definition) is 0. The molecule has 1 saturated heterocycles. The zero-order valence-electron chi connectivity index (χ0n) is 13.7. The highest BCUT2D eigenvalue weighted by Gasteiger charge is 2.36. The van der Waals surface area contributed by atoms with E-state index in [1.165, 1.54) is 31.7 Å². The number of likely N-dealkylation sites (tertiary alicyclic amines) is 1. The van der Waals surface area contributed by atoms with Crippen LogP contribution in [0.3, 0.4) is 0 Å². The van der Waals surface area contributed by atoms with Crippen molar-refractivity contribution in [3.05, 3.63) is 35.1 Å². The molecule has 0 radical (unpaired) electrons. The zero-order chi connectivity index (χ0) is 15.7. The van der Waals surface area contributed by atoms with E-state index in [1.807, 2.05) is 17.9 Å². The maximum absolute atomic E-state index is 13.3. The van der Waals surface area contributed by atoms with E-state index in [1.54, 1.807) is 6.07 Å². The van der Waals surface area contributed by atoms with Gasteiger partial charge in [0.25, 0.3) is 0 Å². The molecule has 1 heterocycles. The summed E-state index contributed by atoms with van der Waals surface area (Å²) in [5, 5.41) is 0. The monoisotopic (exact) mass is 303 g/mol. The average molecular weight is 303 g/mol. The lowest BCUT2D eigenvalue weighted by Gasteiger charge is -2.30. The molecule has 1 atom stereocenters. The predicted octanol–water partition coefficient (Wildman–Crippen LogP) is 4.77. The Labute approximate surface area is 132 Å². The predicted molar refractivity (Wildman–Crippen MR) is 86.0 cm³/mol. The van der Waals surface area contributed by atoms with E-state index in [9.17, 15) is 9.18 Å². The quantitative estimate of drug-likeness (QED) is 0.787. The van der Waals surface area contributed by atoms with Crippen molar-refractivity contribution in [3.8, 4) is 0 Å². The van der Waals surface area contributed by atoms with E-state index >= 15 is 0 Å². The molecular formula is C19H26FNO. The molecule has 1 amide bonds. The molecule has 1 aromatic carbocycles. The number of amides is 1. The van der Waals surface area contributed by atoms with Crippen LogP contribution in [0.25, 0.3) is 0 Å². The van der Waals surface area contributed by atoms with Crippen molar-refractivity contribution in [2.75, 3.05) is 6.54 Å². The summed E-state index contributed by atoms with van der Waals surface area (Å²) in [6.07, 6.45) is 7.57. The molecule has 0 bridgehead atoms. The maximum atomic E-state index is 13.3. The molecule has 1 unspecified atom stereocenters. The molecular weight excluding hydrogens is 277 g/mol. The maximum Gasteiger partial charge on any atom is 0.223 e. The van der Waals surface area contributed by atoms with Gasteiger partial charge in [-0.05, 0) is 61.3 Å². The van der Waals surface area contributed by atoms with Gasteiger partial charge in [-0.3, -0.25) is 4.79 Å². The Balaban J connectivity index is 1.76. The smallest absolute Gasteiger partial charge is 0.223 e. The molecule has 1 aliphatic carbocycles. The van der Waals surface area contributed by atoms with Crippen LogP contribution in [0.4, 0.5) is 4.39 Å². The third-order valence-corrected chi connectivity index (χ3v) is 5.55. The van der Waals surface area contributed by atoms with Crippen molar-refractivity contribution in [1.82, 2.24) is 4.90 Å². The van der Waals surface area contributed by atoms with Gasteiger partial charge >= 0.3 is 0 Å². The number of hydrogen-bond acceptors (Lipinski definition) is 1. The summed E-state index contributed by atoms with van der Waals surface area (Å²) in [6, 6.07) is 5.09. The summed E-state index contributed by atoms with van der Waals surface area (Å²) < 4.78 is 13.3. The standard InChI is InChI=1S/C19H26FNO/c1-14-12-15(20)7-8-16(14)17-6-5-11-21(17)18(22)13-19(2)9-3-4-10-19/h7-8,12,17H,3-6,9-11,13H2,1-2H3. The normalized spacial score (nSPS) is 24.0. The van der Waals surface area contributed by atoms with E-state index < -0.39 is 0 Å². The molecule has 2 nitrogen and oxygen atoms in total. The lowest BCUT2D eigenvalue weighted by molar-refractivity contribution is -0.134. The second kappa shape index (κ2) is 6.02. The minimum absolute atomic E-state index is 0.137. The summed E-state index contributed by atoms with van der Waals surface area (Å²) in [6.45, 7) is 5.04. The number of nitrogens with zero attached hydrogens (tertiary/aromatic N) is 1. The molecule has 2 fully saturated rings. The molecule has 1 saturated carbocycles. The fraction of sp³-hybridized carbons (Fsp3) is 0.632. The van der Waals surface area contributed by atoms with Gasteiger partial charge in [0, 0.05) is 13.0 Å². The molecule has 120 valence electrons. The number of aryl methyl sites for hydroxylation is 1. The van der Waals surface area contributed by atoms with Crippen molar-refractivity contribution < 1.29 is 9.18 Å². The number of halogens is 1. The highest BCUT2D eigenvalue weighted by molar-refractivity contribution is 5.78. The van der Waals surface area contributed by atoms with Crippen molar-refractivity contribution >= 4 is 5.91 Å². The number of benzene rings is 1. The SMILES string of the molecule is Cc1cc(F)ccc1C1CCCN1C(=O)CC1(C)CCCC1. The first kappa shape index (κ1) is 15.5. The van der Waals surface area contributed by atoms with Gasteiger partial charge in [0.05, 0.1) is 6.04 Å². The van der Waals surface area contributed by atoms with Gasteiger partial charge in [0.15, 0.2) is 0 Å². The summed E-state index contributed by atoms with van der Waals surface area (Å²) >= 11 is 0. The van der Waals surface area contributed by atoms with Crippen molar-refractivity contribution in [1.29, 1.82) is 0 Å². The van der Waals surface area contributed by atoms with Crippen molar-refractivity contribution in [2.45, 2.75) is 64.8 Å². The lowest BCUT2D eigenvalue weighted by Crippen LogP contribution is -2.34. The Morgan fingerprint density at radius 2 is 2.05 bits per heavy atom. The lowest BCUT2D eigenvalue weighted by atomic mass is 9.84. The molecule has 3 rings (SSSR count). The molecule has 1 aliphatic heterocycles. The highest BCUT2D eigenvalue weighted by atomic mass is 19.1. The van der Waals surface area contributed by atoms with Gasteiger partial charge in [-0.25, -0.2) is 4.39 Å². The van der Waals surface area contributed by atoms with Crippen LogP contribution >= 0.6 is 0 Å². The molecule has 3 heteroatoms. The van der Waals surface area contributed by atoms with Gasteiger partial charge in [-0.15, -0.1) is 0 Å². The first-order valence-electron chi connectivity index (χ1n) is 8.54. The fourth-order valence-corrected chi connectivity index (χ4v) is 4.27. The summed E-state index contributed by atoms with van der Waals surface area (Å²) in [5.41, 5.74) is 2.27. The van der Waals surface area contributed by atoms with Crippen molar-refractivity contribution in [3.63, 3.8) is 0 Å². The van der Waals surface area contributed by atoms with Gasteiger partial charge in [0.1, 0.15) is 5.82 Å². The average Bonchev–Trinajstić information content (AvgIpc) is 3.08. The Morgan fingerprint density at radius 3 is 2.73 bits per heavy atom. The number of rotatable bonds is 3. The Hall–Kier alpha value is -1.38. The molecule has 22 heavy (non-hydrogen) atoms. The van der Waals surface area contributed by atoms with Crippen LogP contribution in [-0.4, -0.2) is 17.4 Å². The summed E-state index contributed by atoms with van der Waals surface area (Å²) in [4.78, 5) is 14.9. The van der Waals surface area contributed by atoms with Crippen LogP contribution in [0, 0.1) is 18.2 Å². The third kappa shape index (κ3) is 3.04. The highest BCUT2D eigenvalue weighted by Crippen LogP contribution is 2.42. The Kier molecular flexibility index (Phi) is 4.24.